The Kier molecular flexibility index (Phi) is 15.9. The molecular formula is C56H94O30. The molecule has 0 aliphatic carbocycles. The number of rotatable bonds is 14. The van der Waals surface area contributed by atoms with Gasteiger partial charge in [0.2, 0.25) is 0 Å². The van der Waals surface area contributed by atoms with Crippen molar-refractivity contribution >= 4 is 29.8 Å². The number of carboxylic acids is 5. The predicted octanol–water partition coefficient (Wildman–Crippen LogP) is -0.376. The van der Waals surface area contributed by atoms with E-state index in [1.807, 2.05) is 0 Å². The molecule has 5 saturated heterocycles. The maximum Gasteiger partial charge on any atom is 0.338 e. The Morgan fingerprint density at radius 3 is 0.814 bits per heavy atom. The van der Waals surface area contributed by atoms with E-state index in [9.17, 15) is 101 Å². The van der Waals surface area contributed by atoms with E-state index >= 15 is 0 Å². The Morgan fingerprint density at radius 1 is 0.302 bits per heavy atom. The van der Waals surface area contributed by atoms with Crippen LogP contribution in [0.3, 0.4) is 0 Å². The minimum Gasteiger partial charge on any atom is -0.479 e. The lowest BCUT2D eigenvalue weighted by atomic mass is 9.57. The second-order valence-corrected chi connectivity index (χ2v) is 28.5. The van der Waals surface area contributed by atoms with Crippen LogP contribution in [-0.4, -0.2) is 255 Å². The van der Waals surface area contributed by atoms with Crippen LogP contribution >= 0.6 is 0 Å². The molecule has 5 aliphatic rings. The minimum absolute atomic E-state index is 0.716. The van der Waals surface area contributed by atoms with E-state index in [-0.39, 0.29) is 0 Å². The number of methoxy groups -OCH3 is 1. The van der Waals surface area contributed by atoms with Crippen molar-refractivity contribution in [3.8, 4) is 0 Å². The van der Waals surface area contributed by atoms with Crippen molar-refractivity contribution < 1.29 is 148 Å². The molecule has 30 heteroatoms. The lowest BCUT2D eigenvalue weighted by Gasteiger charge is -2.72. The molecule has 5 aliphatic heterocycles. The highest BCUT2D eigenvalue weighted by molar-refractivity contribution is 5.82. The first-order chi connectivity index (χ1) is 37.3. The summed E-state index contributed by atoms with van der Waals surface area (Å²) in [6.45, 7) is 22.3. The van der Waals surface area contributed by atoms with Gasteiger partial charge in [0.15, 0.2) is 51.7 Å². The van der Waals surface area contributed by atoms with Gasteiger partial charge < -0.3 is 124 Å². The van der Waals surface area contributed by atoms with E-state index < -0.39 is 171 Å². The van der Waals surface area contributed by atoms with Crippen molar-refractivity contribution in [2.24, 2.45) is 0 Å². The number of carboxylic acid groups (broad SMARTS) is 5. The number of aliphatic hydroxyl groups is 10. The summed E-state index contributed by atoms with van der Waals surface area (Å²) in [5.41, 5.74) is -59.1. The van der Waals surface area contributed by atoms with Gasteiger partial charge in [-0.1, -0.05) is 0 Å². The Labute approximate surface area is 498 Å². The summed E-state index contributed by atoms with van der Waals surface area (Å²) in [6.07, 6.45) is -2.74. The van der Waals surface area contributed by atoms with Gasteiger partial charge in [0.25, 0.3) is 0 Å². The summed E-state index contributed by atoms with van der Waals surface area (Å²) in [5, 5.41) is 182. The Morgan fingerprint density at radius 2 is 0.535 bits per heavy atom. The second kappa shape index (κ2) is 18.6. The highest BCUT2D eigenvalue weighted by Crippen LogP contribution is 2.67. The molecule has 0 saturated carbocycles. The molecule has 0 aromatic heterocycles. The molecule has 0 aromatic carbocycles. The SMILES string of the molecule is CO[C@]1(C)C(C)(C(=O)O)O[C@@](C)(O[C@@]2(C)C(C)(O)C(C)(O)[C@](C)(O[C@]3(C)C(C)(C(=O)O)O[C@@](C)(O[C@]4(C)[C@H](C(=O)O)O[C@@](C)(O[C@]5(C)C(C)(C(=O)O)OC(C)(C)C(C)(O)[C@]5(C)O)C(C)(O)C4(C)O)C(C)(O)[C@@]3(C)O)O[C@@]2(C)C(=O)O)C(C)(O)[C@]1(C)O. The normalized spacial score (nSPS) is 58.3. The maximum absolute atomic E-state index is 14.2. The molecule has 0 spiro atoms. The van der Waals surface area contributed by atoms with Crippen molar-refractivity contribution in [2.45, 2.75) is 314 Å². The van der Waals surface area contributed by atoms with E-state index in [4.69, 9.17) is 47.4 Å². The molecule has 30 nitrogen and oxygen atoms in total. The minimum atomic E-state index is -3.36. The fourth-order valence-electron chi connectivity index (χ4n) is 14.2. The van der Waals surface area contributed by atoms with Crippen LogP contribution in [0, 0.1) is 0 Å². The first-order valence-electron chi connectivity index (χ1n) is 27.5. The Bertz CT molecular complexity index is 2840. The average molecular weight is 1250 g/mol. The van der Waals surface area contributed by atoms with Crippen molar-refractivity contribution in [3.63, 3.8) is 0 Å². The average Bonchev–Trinajstić information content (AvgIpc) is 0.674. The molecule has 86 heavy (non-hydrogen) atoms. The van der Waals surface area contributed by atoms with Gasteiger partial charge in [0.1, 0.15) is 84.0 Å². The summed E-state index contributed by atoms with van der Waals surface area (Å²) in [7, 11) is 1.01. The summed E-state index contributed by atoms with van der Waals surface area (Å²) in [4.78, 5) is 68.4. The molecule has 5 fully saturated rings. The largest absolute Gasteiger partial charge is 0.479 e. The first kappa shape index (κ1) is 73.3. The molecular weight excluding hydrogens is 1150 g/mol. The summed E-state index contributed by atoms with van der Waals surface area (Å²) >= 11 is 0. The van der Waals surface area contributed by atoms with Crippen molar-refractivity contribution in [1.29, 1.82) is 0 Å². The predicted molar refractivity (Wildman–Crippen MR) is 288 cm³/mol. The Hall–Kier alpha value is -3.45. The molecule has 0 radical (unpaired) electrons. The van der Waals surface area contributed by atoms with Gasteiger partial charge in [-0.2, -0.15) is 0 Å². The zero-order valence-corrected chi connectivity index (χ0v) is 53.9. The standard InChI is InChI=1S/C56H94O30/c1-33(2)39(8,67)41(10,69)50(19,36(5,79-33)30(61)62)84-53(22)45(14,73)40(9,68)34(3,27(78-53)28(57)58)80-54(23)47(16,75)43(12,71)51(20,37(6,82-54)31(63)64)86-56(25)48(17,76)44(13,72)52(21,38(7,83-56)32(65)66)85-55(24)46(15,74)42(11,70)49(18,77-26)35(4,81-55)29(59)60/h27,67-76H,1-26H3,(H,57,58)(H,59,60)(H,61,62)(H,63,64)(H,65,66)/t27-,34+,35?,36?,37?,38-,39?,40?,41-,42-,43+,44?,45?,46?,47?,48?,49+,50+,51+,52+,53-,54+,55-,56-/m0/s1. The monoisotopic (exact) mass is 1250 g/mol. The number of ether oxygens (including phenoxy) is 10. The van der Waals surface area contributed by atoms with Crippen LogP contribution < -0.4 is 0 Å². The third-order valence-electron chi connectivity index (χ3n) is 24.1. The number of hydrogen-bond acceptors (Lipinski definition) is 25. The second-order valence-electron chi connectivity index (χ2n) is 28.5. The van der Waals surface area contributed by atoms with Gasteiger partial charge in [-0.25, -0.2) is 24.0 Å². The maximum atomic E-state index is 14.2. The molecule has 0 amide bonds. The summed E-state index contributed by atoms with van der Waals surface area (Å²) in [5.74, 6) is -22.5. The van der Waals surface area contributed by atoms with Gasteiger partial charge in [-0.15, -0.1) is 0 Å². The van der Waals surface area contributed by atoms with Crippen LogP contribution in [0.1, 0.15) is 173 Å². The number of aliphatic carboxylic acids is 5. The van der Waals surface area contributed by atoms with Crippen LogP contribution in [0.25, 0.3) is 0 Å². The molecule has 24 atom stereocenters. The van der Waals surface area contributed by atoms with E-state index in [2.05, 4.69) is 0 Å². The van der Waals surface area contributed by atoms with Gasteiger partial charge >= 0.3 is 29.8 Å². The van der Waals surface area contributed by atoms with Crippen LogP contribution in [-0.2, 0) is 71.3 Å². The van der Waals surface area contributed by atoms with E-state index in [0.717, 1.165) is 159 Å². The third kappa shape index (κ3) is 7.68. The lowest BCUT2D eigenvalue weighted by molar-refractivity contribution is -0.539. The van der Waals surface area contributed by atoms with Gasteiger partial charge in [-0.3, -0.25) is 0 Å². The van der Waals surface area contributed by atoms with Crippen LogP contribution in [0.4, 0.5) is 0 Å². The zero-order chi connectivity index (χ0) is 68.5. The number of hydrogen-bond donors (Lipinski definition) is 15. The zero-order valence-electron chi connectivity index (χ0n) is 53.9. The van der Waals surface area contributed by atoms with E-state index in [1.165, 1.54) is 13.8 Å². The fraction of sp³-hybridized carbons (Fsp3) is 0.911. The molecule has 0 aromatic rings. The van der Waals surface area contributed by atoms with Crippen molar-refractivity contribution in [3.05, 3.63) is 0 Å². The van der Waals surface area contributed by atoms with Crippen molar-refractivity contribution in [2.75, 3.05) is 7.11 Å². The summed E-state index contributed by atoms with van der Waals surface area (Å²) in [6, 6.07) is 0. The third-order valence-corrected chi connectivity index (χ3v) is 24.1. The van der Waals surface area contributed by atoms with Gasteiger partial charge in [-0.05, 0) is 173 Å². The number of carbonyl (C=O) groups is 5. The fourth-order valence-corrected chi connectivity index (χ4v) is 14.2. The van der Waals surface area contributed by atoms with Crippen molar-refractivity contribution in [1.82, 2.24) is 0 Å². The highest BCUT2D eigenvalue weighted by atomic mass is 16.8. The quantitative estimate of drug-likeness (QED) is 0.105. The molecule has 10 unspecified atom stereocenters. The van der Waals surface area contributed by atoms with Gasteiger partial charge in [0.05, 0.1) is 5.60 Å². The highest BCUT2D eigenvalue weighted by Gasteiger charge is 2.88. The van der Waals surface area contributed by atoms with Crippen LogP contribution in [0.2, 0.25) is 0 Å². The van der Waals surface area contributed by atoms with Gasteiger partial charge in [0, 0.05) is 7.11 Å². The van der Waals surface area contributed by atoms with E-state index in [1.54, 1.807) is 0 Å². The summed E-state index contributed by atoms with van der Waals surface area (Å²) < 4.78 is 61.9. The Balaban J connectivity index is 1.71. The first-order valence-corrected chi connectivity index (χ1v) is 27.5. The van der Waals surface area contributed by atoms with E-state index in [0.29, 0.717) is 6.92 Å². The smallest absolute Gasteiger partial charge is 0.338 e. The molecule has 0 bridgehead atoms. The lowest BCUT2D eigenvalue weighted by Crippen LogP contribution is -2.92. The van der Waals surface area contributed by atoms with Crippen LogP contribution in [0.15, 0.2) is 0 Å². The van der Waals surface area contributed by atoms with Crippen LogP contribution in [0.5, 0.6) is 0 Å². The molecule has 498 valence electrons. The topological polar surface area (TPSA) is 481 Å². The molecule has 5 heterocycles. The molecule has 15 N–H and O–H groups in total. The molecule has 5 rings (SSSR count).